The molecule has 0 radical (unpaired) electrons. The second kappa shape index (κ2) is 6.56. The quantitative estimate of drug-likeness (QED) is 0.824. The molecule has 1 aliphatic heterocycles. The lowest BCUT2D eigenvalue weighted by molar-refractivity contribution is -0.139. The molecular formula is C15H24N4O2. The van der Waals surface area contributed by atoms with Gasteiger partial charge in [0.05, 0.1) is 6.61 Å². The number of methoxy groups -OCH3 is 1. The molecule has 3 rings (SSSR count). The summed E-state index contributed by atoms with van der Waals surface area (Å²) in [5.41, 5.74) is 0. The third-order valence-corrected chi connectivity index (χ3v) is 4.80. The molecule has 1 saturated carbocycles. The van der Waals surface area contributed by atoms with Crippen molar-refractivity contribution in [1.82, 2.24) is 19.7 Å². The number of rotatable bonds is 5. The first-order valence-corrected chi connectivity index (χ1v) is 7.95. The molecule has 0 atom stereocenters. The van der Waals surface area contributed by atoms with Gasteiger partial charge in [-0.25, -0.2) is 0 Å². The van der Waals surface area contributed by atoms with E-state index in [1.165, 1.54) is 6.42 Å². The Hall–Kier alpha value is -1.43. The molecule has 2 heterocycles. The van der Waals surface area contributed by atoms with Gasteiger partial charge in [0.2, 0.25) is 5.91 Å². The van der Waals surface area contributed by atoms with Crippen LogP contribution in [0.2, 0.25) is 0 Å². The molecule has 116 valence electrons. The summed E-state index contributed by atoms with van der Waals surface area (Å²) in [6.07, 6.45) is 8.00. The molecule has 1 aromatic heterocycles. The normalized spacial score (nSPS) is 20.5. The molecule has 0 aromatic carbocycles. The molecule has 1 aliphatic carbocycles. The summed E-state index contributed by atoms with van der Waals surface area (Å²) >= 11 is 0. The first-order valence-electron chi connectivity index (χ1n) is 7.95. The predicted molar refractivity (Wildman–Crippen MR) is 77.8 cm³/mol. The number of piperidine rings is 1. The van der Waals surface area contributed by atoms with Crippen LogP contribution in [0.1, 0.15) is 44.0 Å². The summed E-state index contributed by atoms with van der Waals surface area (Å²) in [4.78, 5) is 14.3. The van der Waals surface area contributed by atoms with Gasteiger partial charge in [-0.05, 0) is 25.7 Å². The maximum absolute atomic E-state index is 12.3. The van der Waals surface area contributed by atoms with Gasteiger partial charge in [0, 0.05) is 38.6 Å². The fourth-order valence-electron chi connectivity index (χ4n) is 3.22. The van der Waals surface area contributed by atoms with Gasteiger partial charge >= 0.3 is 0 Å². The Labute approximate surface area is 125 Å². The van der Waals surface area contributed by atoms with Crippen LogP contribution in [0.3, 0.4) is 0 Å². The summed E-state index contributed by atoms with van der Waals surface area (Å²) in [6.45, 7) is 2.39. The van der Waals surface area contributed by atoms with Crippen LogP contribution in [0.5, 0.6) is 0 Å². The summed E-state index contributed by atoms with van der Waals surface area (Å²) in [5.74, 6) is 1.68. The predicted octanol–water partition coefficient (Wildman–Crippen LogP) is 1.43. The Morgan fingerprint density at radius 2 is 2.10 bits per heavy atom. The van der Waals surface area contributed by atoms with Gasteiger partial charge in [-0.15, -0.1) is 10.2 Å². The second-order valence-corrected chi connectivity index (χ2v) is 6.08. The number of carbonyl (C=O) groups excluding carboxylic acids is 1. The van der Waals surface area contributed by atoms with E-state index >= 15 is 0 Å². The first-order chi connectivity index (χ1) is 10.3. The van der Waals surface area contributed by atoms with Gasteiger partial charge in [0.25, 0.3) is 0 Å². The van der Waals surface area contributed by atoms with Gasteiger partial charge in [0.1, 0.15) is 12.2 Å². The third-order valence-electron chi connectivity index (χ3n) is 4.80. The van der Waals surface area contributed by atoms with Crippen molar-refractivity contribution in [3.63, 3.8) is 0 Å². The molecule has 0 spiro atoms. The minimum Gasteiger partial charge on any atom is -0.384 e. The number of amides is 1. The van der Waals surface area contributed by atoms with Crippen molar-refractivity contribution in [2.24, 2.45) is 5.92 Å². The molecule has 6 nitrogen and oxygen atoms in total. The van der Waals surface area contributed by atoms with Gasteiger partial charge < -0.3 is 14.2 Å². The van der Waals surface area contributed by atoms with Gasteiger partial charge in [-0.3, -0.25) is 4.79 Å². The fraction of sp³-hybridized carbons (Fsp3) is 0.800. The average Bonchev–Trinajstić information content (AvgIpc) is 2.91. The summed E-state index contributed by atoms with van der Waals surface area (Å²) in [6, 6.07) is 0.414. The van der Waals surface area contributed by atoms with Gasteiger partial charge in [0.15, 0.2) is 0 Å². The van der Waals surface area contributed by atoms with Crippen molar-refractivity contribution in [1.29, 1.82) is 0 Å². The van der Waals surface area contributed by atoms with Crippen LogP contribution in [0, 0.1) is 5.92 Å². The van der Waals surface area contributed by atoms with Crippen LogP contribution < -0.4 is 0 Å². The molecule has 2 aliphatic rings. The van der Waals surface area contributed by atoms with E-state index in [9.17, 15) is 4.79 Å². The Kier molecular flexibility index (Phi) is 4.53. The Morgan fingerprint density at radius 3 is 2.71 bits per heavy atom. The molecule has 6 heteroatoms. The van der Waals surface area contributed by atoms with E-state index in [1.807, 2.05) is 6.33 Å². The van der Waals surface area contributed by atoms with Crippen LogP contribution in [-0.2, 0) is 16.0 Å². The number of hydrogen-bond acceptors (Lipinski definition) is 4. The van der Waals surface area contributed by atoms with E-state index in [4.69, 9.17) is 4.74 Å². The fourth-order valence-corrected chi connectivity index (χ4v) is 3.22. The minimum absolute atomic E-state index is 0.314. The molecule has 1 aromatic rings. The first kappa shape index (κ1) is 14.5. The standard InChI is InChI=1S/C15H24N4O2/c1-21-10-7-14-17-16-11-19(14)13-5-8-18(9-6-13)15(20)12-3-2-4-12/h11-13H,2-10H2,1H3. The zero-order chi connectivity index (χ0) is 14.7. The highest BCUT2D eigenvalue weighted by atomic mass is 16.5. The summed E-state index contributed by atoms with van der Waals surface area (Å²) in [7, 11) is 1.70. The van der Waals surface area contributed by atoms with E-state index in [2.05, 4.69) is 19.7 Å². The largest absolute Gasteiger partial charge is 0.384 e. The highest BCUT2D eigenvalue weighted by molar-refractivity contribution is 5.79. The van der Waals surface area contributed by atoms with E-state index in [0.717, 1.165) is 51.0 Å². The van der Waals surface area contributed by atoms with Crippen molar-refractivity contribution in [2.75, 3.05) is 26.8 Å². The molecule has 1 saturated heterocycles. The maximum atomic E-state index is 12.3. The molecule has 0 unspecified atom stereocenters. The van der Waals surface area contributed by atoms with Crippen LogP contribution in [0.4, 0.5) is 0 Å². The van der Waals surface area contributed by atoms with Crippen LogP contribution in [0.25, 0.3) is 0 Å². The monoisotopic (exact) mass is 292 g/mol. The smallest absolute Gasteiger partial charge is 0.225 e. The number of hydrogen-bond donors (Lipinski definition) is 0. The lowest BCUT2D eigenvalue weighted by Gasteiger charge is -2.37. The van der Waals surface area contributed by atoms with Crippen molar-refractivity contribution in [3.8, 4) is 0 Å². The topological polar surface area (TPSA) is 60.3 Å². The van der Waals surface area contributed by atoms with E-state index in [0.29, 0.717) is 24.5 Å². The lowest BCUT2D eigenvalue weighted by Crippen LogP contribution is -2.43. The zero-order valence-corrected chi connectivity index (χ0v) is 12.7. The third kappa shape index (κ3) is 3.10. The number of aromatic nitrogens is 3. The van der Waals surface area contributed by atoms with Gasteiger partial charge in [-0.1, -0.05) is 6.42 Å². The van der Waals surface area contributed by atoms with Crippen LogP contribution in [0.15, 0.2) is 6.33 Å². The van der Waals surface area contributed by atoms with Gasteiger partial charge in [-0.2, -0.15) is 0 Å². The van der Waals surface area contributed by atoms with Crippen LogP contribution in [-0.4, -0.2) is 52.4 Å². The lowest BCUT2D eigenvalue weighted by atomic mass is 9.84. The SMILES string of the molecule is COCCc1nncn1C1CCN(C(=O)C2CCC2)CC1. The molecule has 0 N–H and O–H groups in total. The van der Waals surface area contributed by atoms with Crippen molar-refractivity contribution in [2.45, 2.75) is 44.6 Å². The Balaban J connectivity index is 1.55. The summed E-state index contributed by atoms with van der Waals surface area (Å²) in [5, 5.41) is 8.22. The molecule has 0 bridgehead atoms. The number of nitrogens with zero attached hydrogens (tertiary/aromatic N) is 4. The van der Waals surface area contributed by atoms with Crippen molar-refractivity contribution in [3.05, 3.63) is 12.2 Å². The number of ether oxygens (including phenoxy) is 1. The highest BCUT2D eigenvalue weighted by Gasteiger charge is 2.32. The zero-order valence-electron chi connectivity index (χ0n) is 12.7. The van der Waals surface area contributed by atoms with Crippen molar-refractivity contribution >= 4 is 5.91 Å². The Morgan fingerprint density at radius 1 is 1.33 bits per heavy atom. The van der Waals surface area contributed by atoms with E-state index < -0.39 is 0 Å². The van der Waals surface area contributed by atoms with E-state index in [-0.39, 0.29) is 0 Å². The molecule has 1 amide bonds. The summed E-state index contributed by atoms with van der Waals surface area (Å²) < 4.78 is 7.29. The number of likely N-dealkylation sites (tertiary alicyclic amines) is 1. The average molecular weight is 292 g/mol. The second-order valence-electron chi connectivity index (χ2n) is 6.08. The van der Waals surface area contributed by atoms with E-state index in [1.54, 1.807) is 7.11 Å². The Bertz CT molecular complexity index is 476. The molecule has 21 heavy (non-hydrogen) atoms. The highest BCUT2D eigenvalue weighted by Crippen LogP contribution is 2.31. The molecular weight excluding hydrogens is 268 g/mol. The molecule has 2 fully saturated rings. The van der Waals surface area contributed by atoms with Crippen LogP contribution >= 0.6 is 0 Å². The number of carbonyl (C=O) groups is 1. The maximum Gasteiger partial charge on any atom is 0.225 e. The van der Waals surface area contributed by atoms with Crippen molar-refractivity contribution < 1.29 is 9.53 Å². The minimum atomic E-state index is 0.314.